The highest BCUT2D eigenvalue weighted by atomic mass is 16.6. The second-order valence-electron chi connectivity index (χ2n) is 4.61. The van der Waals surface area contributed by atoms with Crippen LogP contribution < -0.4 is 0 Å². The van der Waals surface area contributed by atoms with Gasteiger partial charge >= 0.3 is 0 Å². The molecule has 0 aliphatic heterocycles. The zero-order valence-corrected chi connectivity index (χ0v) is 12.8. The predicted octanol–water partition coefficient (Wildman–Crippen LogP) is 2.00. The van der Waals surface area contributed by atoms with Gasteiger partial charge in [-0.05, 0) is 20.3 Å². The Bertz CT molecular complexity index is 227. The van der Waals surface area contributed by atoms with Crippen LogP contribution in [0.15, 0.2) is 12.2 Å². The Morgan fingerprint density at radius 1 is 0.700 bits per heavy atom. The fraction of sp³-hybridized carbons (Fsp3) is 0.800. The van der Waals surface area contributed by atoms with E-state index in [2.05, 4.69) is 6.58 Å². The summed E-state index contributed by atoms with van der Waals surface area (Å²) in [6, 6.07) is 0. The van der Waals surface area contributed by atoms with Crippen LogP contribution in [0.5, 0.6) is 0 Å². The molecule has 0 saturated carbocycles. The summed E-state index contributed by atoms with van der Waals surface area (Å²) >= 11 is 0. The third-order valence-corrected chi connectivity index (χ3v) is 2.39. The maximum absolute atomic E-state index is 10.6. The lowest BCUT2D eigenvalue weighted by molar-refractivity contribution is -0.118. The minimum Gasteiger partial charge on any atom is -0.379 e. The molecular weight excluding hydrogens is 260 g/mol. The molecular formula is C15H28O5. The van der Waals surface area contributed by atoms with Gasteiger partial charge in [-0.1, -0.05) is 5.57 Å². The second kappa shape index (κ2) is 14.7. The lowest BCUT2D eigenvalue weighted by atomic mass is 10.3. The average Bonchev–Trinajstić information content (AvgIpc) is 2.38. The molecule has 118 valence electrons. The topological polar surface area (TPSA) is 54.0 Å². The molecule has 20 heavy (non-hydrogen) atoms. The van der Waals surface area contributed by atoms with Gasteiger partial charge in [-0.2, -0.15) is 0 Å². The summed E-state index contributed by atoms with van der Waals surface area (Å²) in [7, 11) is 0. The minimum absolute atomic E-state index is 0.143. The normalized spacial score (nSPS) is 10.7. The van der Waals surface area contributed by atoms with Crippen LogP contribution in [0.25, 0.3) is 0 Å². The summed E-state index contributed by atoms with van der Waals surface area (Å²) in [4.78, 5) is 10.6. The van der Waals surface area contributed by atoms with Crippen molar-refractivity contribution in [3.8, 4) is 0 Å². The molecule has 0 bridgehead atoms. The molecule has 5 nitrogen and oxygen atoms in total. The molecule has 0 aromatic rings. The van der Waals surface area contributed by atoms with Gasteiger partial charge in [-0.25, -0.2) is 0 Å². The van der Waals surface area contributed by atoms with E-state index in [0.717, 1.165) is 12.0 Å². The Morgan fingerprint density at radius 3 is 1.40 bits per heavy atom. The second-order valence-corrected chi connectivity index (χ2v) is 4.61. The molecule has 0 aliphatic carbocycles. The van der Waals surface area contributed by atoms with Crippen LogP contribution in [0.2, 0.25) is 0 Å². The van der Waals surface area contributed by atoms with Crippen molar-refractivity contribution in [2.75, 3.05) is 52.9 Å². The number of carbonyl (C=O) groups is 1. The van der Waals surface area contributed by atoms with Crippen molar-refractivity contribution in [1.29, 1.82) is 0 Å². The van der Waals surface area contributed by atoms with Gasteiger partial charge in [0, 0.05) is 6.42 Å². The first-order chi connectivity index (χ1) is 9.63. The molecule has 0 amide bonds. The summed E-state index contributed by atoms with van der Waals surface area (Å²) in [6.07, 6.45) is 1.36. The minimum atomic E-state index is 0.143. The SMILES string of the molecule is C=C(C)CCOCCOCCOCCOCCC(C)=O. The highest BCUT2D eigenvalue weighted by molar-refractivity contribution is 5.75. The van der Waals surface area contributed by atoms with Crippen LogP contribution in [0, 0.1) is 0 Å². The first-order valence-corrected chi connectivity index (χ1v) is 7.07. The first kappa shape index (κ1) is 19.2. The summed E-state index contributed by atoms with van der Waals surface area (Å²) in [5.74, 6) is 0.143. The van der Waals surface area contributed by atoms with E-state index in [1.807, 2.05) is 6.92 Å². The van der Waals surface area contributed by atoms with Crippen molar-refractivity contribution in [2.24, 2.45) is 0 Å². The summed E-state index contributed by atoms with van der Waals surface area (Å²) < 4.78 is 21.2. The van der Waals surface area contributed by atoms with Gasteiger partial charge in [0.1, 0.15) is 5.78 Å². The van der Waals surface area contributed by atoms with E-state index in [9.17, 15) is 4.79 Å². The van der Waals surface area contributed by atoms with Gasteiger partial charge in [0.2, 0.25) is 0 Å². The summed E-state index contributed by atoms with van der Waals surface area (Å²) in [5.41, 5.74) is 1.13. The van der Waals surface area contributed by atoms with Crippen LogP contribution in [0.4, 0.5) is 0 Å². The Hall–Kier alpha value is -0.750. The van der Waals surface area contributed by atoms with Gasteiger partial charge in [0.05, 0.1) is 52.9 Å². The maximum Gasteiger partial charge on any atom is 0.132 e. The Morgan fingerprint density at radius 2 is 1.05 bits per heavy atom. The Labute approximate surface area is 122 Å². The van der Waals surface area contributed by atoms with Crippen molar-refractivity contribution < 1.29 is 23.7 Å². The Balaban J connectivity index is 2.99. The molecule has 0 aromatic heterocycles. The zero-order chi connectivity index (χ0) is 15.1. The van der Waals surface area contributed by atoms with Crippen molar-refractivity contribution in [1.82, 2.24) is 0 Å². The van der Waals surface area contributed by atoms with Crippen molar-refractivity contribution in [3.63, 3.8) is 0 Å². The van der Waals surface area contributed by atoms with Crippen molar-refractivity contribution in [2.45, 2.75) is 26.7 Å². The van der Waals surface area contributed by atoms with Crippen LogP contribution in [-0.4, -0.2) is 58.6 Å². The standard InChI is InChI=1S/C15H28O5/c1-14(2)4-6-17-8-10-19-12-13-20-11-9-18-7-5-15(3)16/h1,4-13H2,2-3H3. The third-order valence-electron chi connectivity index (χ3n) is 2.39. The molecule has 0 heterocycles. The quantitative estimate of drug-likeness (QED) is 0.341. The molecule has 0 atom stereocenters. The highest BCUT2D eigenvalue weighted by Gasteiger charge is 1.94. The molecule has 0 aromatic carbocycles. The van der Waals surface area contributed by atoms with Crippen LogP contribution in [0.1, 0.15) is 26.7 Å². The van der Waals surface area contributed by atoms with Crippen molar-refractivity contribution in [3.05, 3.63) is 12.2 Å². The lowest BCUT2D eigenvalue weighted by Gasteiger charge is -2.07. The number of hydrogen-bond acceptors (Lipinski definition) is 5. The molecule has 0 N–H and O–H groups in total. The van der Waals surface area contributed by atoms with Crippen LogP contribution in [0.3, 0.4) is 0 Å². The number of ketones is 1. The molecule has 5 heteroatoms. The van der Waals surface area contributed by atoms with Gasteiger partial charge in [-0.15, -0.1) is 6.58 Å². The lowest BCUT2D eigenvalue weighted by Crippen LogP contribution is -2.12. The summed E-state index contributed by atoms with van der Waals surface area (Å²) in [5, 5.41) is 0. The molecule has 0 saturated heterocycles. The molecule has 0 radical (unpaired) electrons. The average molecular weight is 288 g/mol. The van der Waals surface area contributed by atoms with E-state index >= 15 is 0 Å². The van der Waals surface area contributed by atoms with E-state index < -0.39 is 0 Å². The van der Waals surface area contributed by atoms with Crippen LogP contribution >= 0.6 is 0 Å². The van der Waals surface area contributed by atoms with Crippen LogP contribution in [-0.2, 0) is 23.7 Å². The monoisotopic (exact) mass is 288 g/mol. The fourth-order valence-corrected chi connectivity index (χ4v) is 1.22. The fourth-order valence-electron chi connectivity index (χ4n) is 1.22. The summed E-state index contributed by atoms with van der Waals surface area (Å²) in [6.45, 7) is 11.8. The predicted molar refractivity (Wildman–Crippen MR) is 78.0 cm³/mol. The van der Waals surface area contributed by atoms with Gasteiger partial charge in [-0.3, -0.25) is 4.79 Å². The van der Waals surface area contributed by atoms with E-state index in [0.29, 0.717) is 59.3 Å². The molecule has 0 fully saturated rings. The van der Waals surface area contributed by atoms with E-state index in [-0.39, 0.29) is 5.78 Å². The number of hydrogen-bond donors (Lipinski definition) is 0. The zero-order valence-electron chi connectivity index (χ0n) is 12.8. The maximum atomic E-state index is 10.6. The largest absolute Gasteiger partial charge is 0.379 e. The van der Waals surface area contributed by atoms with Gasteiger partial charge in [0.15, 0.2) is 0 Å². The van der Waals surface area contributed by atoms with E-state index in [1.54, 1.807) is 6.92 Å². The first-order valence-electron chi connectivity index (χ1n) is 7.07. The van der Waals surface area contributed by atoms with Crippen molar-refractivity contribution >= 4 is 5.78 Å². The number of ether oxygens (including phenoxy) is 4. The smallest absolute Gasteiger partial charge is 0.132 e. The molecule has 0 aliphatic rings. The highest BCUT2D eigenvalue weighted by Crippen LogP contribution is 1.94. The van der Waals surface area contributed by atoms with E-state index in [1.165, 1.54) is 0 Å². The molecule has 0 unspecified atom stereocenters. The number of rotatable bonds is 15. The number of carbonyl (C=O) groups excluding carboxylic acids is 1. The van der Waals surface area contributed by atoms with E-state index in [4.69, 9.17) is 18.9 Å². The number of Topliss-reactive ketones (excluding diaryl/α,β-unsaturated/α-hetero) is 1. The Kier molecular flexibility index (Phi) is 14.1. The third kappa shape index (κ3) is 17.2. The van der Waals surface area contributed by atoms with Gasteiger partial charge in [0.25, 0.3) is 0 Å². The van der Waals surface area contributed by atoms with Gasteiger partial charge < -0.3 is 18.9 Å². The molecule has 0 spiro atoms. The molecule has 0 rings (SSSR count).